The van der Waals surface area contributed by atoms with Crippen LogP contribution in [-0.4, -0.2) is 49.9 Å². The zero-order chi connectivity index (χ0) is 15.7. The Hall–Kier alpha value is -0.693. The predicted octanol–water partition coefficient (Wildman–Crippen LogP) is 1.60. The summed E-state index contributed by atoms with van der Waals surface area (Å²) in [6.07, 6.45) is -1.09. The second-order valence-corrected chi connectivity index (χ2v) is 11.5. The zero-order valence-corrected chi connectivity index (χ0v) is 14.1. The van der Waals surface area contributed by atoms with E-state index in [0.717, 1.165) is 0 Å². The van der Waals surface area contributed by atoms with Crippen LogP contribution >= 0.6 is 0 Å². The van der Waals surface area contributed by atoms with Crippen LogP contribution < -0.4 is 0 Å². The first-order valence-corrected chi connectivity index (χ1v) is 9.73. The lowest BCUT2D eigenvalue weighted by molar-refractivity contribution is -0.137. The number of carbonyl (C=O) groups excluding carboxylic acids is 1. The molecule has 6 heteroatoms. The number of rotatable bonds is 3. The Labute approximate surface area is 121 Å². The summed E-state index contributed by atoms with van der Waals surface area (Å²) in [6, 6.07) is 0. The Kier molecular flexibility index (Phi) is 5.18. The number of hydrogen-bond acceptors (Lipinski definition) is 5. The molecule has 1 aliphatic rings. The Morgan fingerprint density at radius 3 is 2.35 bits per heavy atom. The largest absolute Gasteiger partial charge is 0.466 e. The van der Waals surface area contributed by atoms with Gasteiger partial charge < -0.3 is 19.4 Å². The van der Waals surface area contributed by atoms with Gasteiger partial charge in [-0.25, -0.2) is 4.79 Å². The van der Waals surface area contributed by atoms with E-state index >= 15 is 0 Å². The summed E-state index contributed by atoms with van der Waals surface area (Å²) in [5, 5.41) is 19.9. The Morgan fingerprint density at radius 2 is 1.90 bits per heavy atom. The van der Waals surface area contributed by atoms with Crippen molar-refractivity contribution in [1.29, 1.82) is 0 Å². The number of aliphatic hydroxyl groups is 2. The molecule has 0 bridgehead atoms. The first-order chi connectivity index (χ1) is 8.99. The molecule has 0 aromatic carbocycles. The molecule has 0 saturated heterocycles. The van der Waals surface area contributed by atoms with Crippen molar-refractivity contribution in [2.24, 2.45) is 0 Å². The smallest absolute Gasteiger partial charge is 0.333 e. The van der Waals surface area contributed by atoms with Crippen LogP contribution in [0.15, 0.2) is 11.6 Å². The third-order valence-corrected chi connectivity index (χ3v) is 8.73. The van der Waals surface area contributed by atoms with Crippen molar-refractivity contribution in [3.05, 3.63) is 11.6 Å². The van der Waals surface area contributed by atoms with Gasteiger partial charge in [0.05, 0.1) is 13.2 Å². The van der Waals surface area contributed by atoms with Crippen LogP contribution in [0.25, 0.3) is 0 Å². The average Bonchev–Trinajstić information content (AvgIpc) is 2.31. The Balaban J connectivity index is 2.91. The van der Waals surface area contributed by atoms with Crippen molar-refractivity contribution in [2.45, 2.75) is 63.6 Å². The summed E-state index contributed by atoms with van der Waals surface area (Å²) in [5.74, 6) is -0.486. The van der Waals surface area contributed by atoms with E-state index in [0.29, 0.717) is 5.57 Å². The topological polar surface area (TPSA) is 76.0 Å². The van der Waals surface area contributed by atoms with E-state index in [1.165, 1.54) is 13.2 Å². The SMILES string of the molecule is COC(=O)C1=C[C@H](O)[C@@H](O)[C@H](O[Si](C)(C)C(C)(C)C)C1. The third-order valence-electron chi connectivity index (χ3n) is 4.22. The van der Waals surface area contributed by atoms with Crippen molar-refractivity contribution in [1.82, 2.24) is 0 Å². The van der Waals surface area contributed by atoms with E-state index in [-0.39, 0.29) is 11.5 Å². The molecule has 0 aliphatic heterocycles. The van der Waals surface area contributed by atoms with E-state index in [1.807, 2.05) is 0 Å². The van der Waals surface area contributed by atoms with Gasteiger partial charge in [0.15, 0.2) is 8.32 Å². The van der Waals surface area contributed by atoms with Gasteiger partial charge in [0.1, 0.15) is 12.2 Å². The maximum absolute atomic E-state index is 11.6. The maximum atomic E-state index is 11.6. The molecule has 0 amide bonds. The molecular weight excluding hydrogens is 276 g/mol. The van der Waals surface area contributed by atoms with E-state index in [4.69, 9.17) is 4.43 Å². The van der Waals surface area contributed by atoms with Gasteiger partial charge in [-0.3, -0.25) is 0 Å². The predicted molar refractivity (Wildman–Crippen MR) is 78.8 cm³/mol. The monoisotopic (exact) mass is 302 g/mol. The number of hydrogen-bond donors (Lipinski definition) is 2. The van der Waals surface area contributed by atoms with E-state index in [2.05, 4.69) is 38.6 Å². The van der Waals surface area contributed by atoms with Crippen molar-refractivity contribution < 1.29 is 24.2 Å². The van der Waals surface area contributed by atoms with E-state index in [1.54, 1.807) is 0 Å². The molecule has 3 atom stereocenters. The molecule has 5 nitrogen and oxygen atoms in total. The first-order valence-electron chi connectivity index (χ1n) is 6.82. The molecule has 0 aromatic heterocycles. The van der Waals surface area contributed by atoms with Gasteiger partial charge in [-0.05, 0) is 24.2 Å². The highest BCUT2D eigenvalue weighted by Gasteiger charge is 2.43. The summed E-state index contributed by atoms with van der Waals surface area (Å²) >= 11 is 0. The molecule has 0 spiro atoms. The number of esters is 1. The second kappa shape index (κ2) is 5.97. The summed E-state index contributed by atoms with van der Waals surface area (Å²) in [4.78, 5) is 11.6. The number of ether oxygens (including phenoxy) is 1. The highest BCUT2D eigenvalue weighted by molar-refractivity contribution is 6.74. The molecule has 0 unspecified atom stereocenters. The first kappa shape index (κ1) is 17.4. The molecule has 0 fully saturated rings. The normalized spacial score (nSPS) is 28.0. The zero-order valence-electron chi connectivity index (χ0n) is 13.1. The Bertz CT molecular complexity index is 397. The second-order valence-electron chi connectivity index (χ2n) is 6.79. The van der Waals surface area contributed by atoms with Gasteiger partial charge in [0.25, 0.3) is 0 Å². The van der Waals surface area contributed by atoms with E-state index in [9.17, 15) is 15.0 Å². The van der Waals surface area contributed by atoms with E-state index < -0.39 is 32.6 Å². The third kappa shape index (κ3) is 3.69. The fourth-order valence-electron chi connectivity index (χ4n) is 1.88. The lowest BCUT2D eigenvalue weighted by Crippen LogP contribution is -2.51. The molecule has 20 heavy (non-hydrogen) atoms. The Morgan fingerprint density at radius 1 is 1.35 bits per heavy atom. The quantitative estimate of drug-likeness (QED) is 0.612. The van der Waals surface area contributed by atoms with Crippen LogP contribution in [0, 0.1) is 0 Å². The van der Waals surface area contributed by atoms with Gasteiger partial charge in [-0.15, -0.1) is 0 Å². The maximum Gasteiger partial charge on any atom is 0.333 e. The standard InChI is InChI=1S/C14H26O5Si/c1-14(2,3)20(5,6)19-11-8-9(13(17)18-4)7-10(15)12(11)16/h7,10-12,15-16H,8H2,1-6H3/t10-,11+,12+/m0/s1. The number of aliphatic hydroxyl groups excluding tert-OH is 2. The summed E-state index contributed by atoms with van der Waals surface area (Å²) < 4.78 is 10.8. The lowest BCUT2D eigenvalue weighted by Gasteiger charge is -2.42. The summed E-state index contributed by atoms with van der Waals surface area (Å²) in [5.41, 5.74) is 0.356. The van der Waals surface area contributed by atoms with Crippen LogP contribution in [-0.2, 0) is 14.0 Å². The summed E-state index contributed by atoms with van der Waals surface area (Å²) in [6.45, 7) is 10.4. The fraction of sp³-hybridized carbons (Fsp3) is 0.786. The van der Waals surface area contributed by atoms with Gasteiger partial charge in [-0.1, -0.05) is 20.8 Å². The molecular formula is C14H26O5Si. The van der Waals surface area contributed by atoms with Crippen LogP contribution in [0.2, 0.25) is 18.1 Å². The molecule has 0 saturated carbocycles. The molecule has 1 rings (SSSR count). The molecule has 0 heterocycles. The average molecular weight is 302 g/mol. The van der Waals surface area contributed by atoms with Crippen LogP contribution in [0.1, 0.15) is 27.2 Å². The fourth-order valence-corrected chi connectivity index (χ4v) is 3.21. The molecule has 1 aliphatic carbocycles. The minimum atomic E-state index is -2.09. The minimum absolute atomic E-state index is 0.00966. The number of carbonyl (C=O) groups is 1. The highest BCUT2D eigenvalue weighted by Crippen LogP contribution is 2.39. The molecule has 116 valence electrons. The minimum Gasteiger partial charge on any atom is -0.466 e. The number of methoxy groups -OCH3 is 1. The molecule has 2 N–H and O–H groups in total. The highest BCUT2D eigenvalue weighted by atomic mass is 28.4. The van der Waals surface area contributed by atoms with Crippen molar-refractivity contribution in [2.75, 3.05) is 7.11 Å². The van der Waals surface area contributed by atoms with Crippen molar-refractivity contribution in [3.63, 3.8) is 0 Å². The van der Waals surface area contributed by atoms with Crippen molar-refractivity contribution in [3.8, 4) is 0 Å². The molecule has 0 radical (unpaired) electrons. The van der Waals surface area contributed by atoms with Crippen LogP contribution in [0.5, 0.6) is 0 Å². The van der Waals surface area contributed by atoms with Gasteiger partial charge >= 0.3 is 5.97 Å². The molecule has 0 aromatic rings. The summed E-state index contributed by atoms with van der Waals surface area (Å²) in [7, 11) is -0.793. The van der Waals surface area contributed by atoms with Gasteiger partial charge in [-0.2, -0.15) is 0 Å². The lowest BCUT2D eigenvalue weighted by atomic mass is 9.92. The van der Waals surface area contributed by atoms with Crippen molar-refractivity contribution >= 4 is 14.3 Å². The van der Waals surface area contributed by atoms with Gasteiger partial charge in [0.2, 0.25) is 0 Å². The van der Waals surface area contributed by atoms with Crippen LogP contribution in [0.4, 0.5) is 0 Å². The van der Waals surface area contributed by atoms with Gasteiger partial charge in [0, 0.05) is 12.0 Å². The van der Waals surface area contributed by atoms with Crippen LogP contribution in [0.3, 0.4) is 0 Å².